The van der Waals surface area contributed by atoms with Gasteiger partial charge in [-0.2, -0.15) is 0 Å². The highest BCUT2D eigenvalue weighted by Crippen LogP contribution is 2.58. The Morgan fingerprint density at radius 1 is 1.26 bits per heavy atom. The first kappa shape index (κ1) is 17.8. The van der Waals surface area contributed by atoms with Gasteiger partial charge in [0.1, 0.15) is 12.4 Å². The van der Waals surface area contributed by atoms with Crippen molar-refractivity contribution in [2.24, 2.45) is 17.1 Å². The van der Waals surface area contributed by atoms with Crippen LogP contribution in [-0.2, 0) is 19.7 Å². The van der Waals surface area contributed by atoms with Gasteiger partial charge in [0, 0.05) is 7.05 Å². The van der Waals surface area contributed by atoms with E-state index in [1.165, 1.54) is 0 Å². The molecule has 0 aromatic heterocycles. The number of nitrogens with two attached hydrogens (primary N) is 1. The lowest BCUT2D eigenvalue weighted by Crippen LogP contribution is -2.43. The Morgan fingerprint density at radius 3 is 2.52 bits per heavy atom. The molecule has 142 valence electrons. The van der Waals surface area contributed by atoms with Crippen molar-refractivity contribution in [3.8, 4) is 0 Å². The molecule has 27 heavy (non-hydrogen) atoms. The zero-order chi connectivity index (χ0) is 19.2. The molecule has 5 heteroatoms. The van der Waals surface area contributed by atoms with Gasteiger partial charge in [0.05, 0.1) is 16.4 Å². The van der Waals surface area contributed by atoms with Gasteiger partial charge in [0.25, 0.3) is 5.91 Å². The summed E-state index contributed by atoms with van der Waals surface area (Å²) < 4.78 is 6.13. The van der Waals surface area contributed by atoms with Crippen LogP contribution in [0.4, 0.5) is 0 Å². The van der Waals surface area contributed by atoms with Crippen molar-refractivity contribution in [2.75, 3.05) is 13.7 Å². The molecule has 3 aliphatic rings. The minimum absolute atomic E-state index is 0.203. The molecule has 4 rings (SSSR count). The van der Waals surface area contributed by atoms with Crippen LogP contribution >= 0.6 is 0 Å². The van der Waals surface area contributed by atoms with Gasteiger partial charge in [-0.1, -0.05) is 43.3 Å². The number of amides is 2. The lowest BCUT2D eigenvalue weighted by atomic mass is 9.63. The second kappa shape index (κ2) is 6.25. The fraction of sp³-hybridized carbons (Fsp3) is 0.455. The SMILES string of the molecule is CCC1(c2ccccc2)COC2=C1CC(C(N)=O)(C1CC1)C=C2C(=O)NC. The van der Waals surface area contributed by atoms with Crippen molar-refractivity contribution in [3.05, 3.63) is 58.9 Å². The maximum atomic E-state index is 12.7. The third kappa shape index (κ3) is 2.52. The molecule has 2 atom stereocenters. The van der Waals surface area contributed by atoms with Crippen molar-refractivity contribution < 1.29 is 14.3 Å². The first-order valence-corrected chi connectivity index (χ1v) is 9.65. The Hall–Kier alpha value is -2.56. The van der Waals surface area contributed by atoms with E-state index in [-0.39, 0.29) is 23.1 Å². The van der Waals surface area contributed by atoms with Gasteiger partial charge in [-0.05, 0) is 42.7 Å². The fourth-order valence-corrected chi connectivity index (χ4v) is 4.80. The van der Waals surface area contributed by atoms with E-state index in [0.29, 0.717) is 24.4 Å². The topological polar surface area (TPSA) is 81.4 Å². The number of primary amides is 1. The molecule has 0 saturated heterocycles. The van der Waals surface area contributed by atoms with E-state index >= 15 is 0 Å². The molecule has 3 N–H and O–H groups in total. The summed E-state index contributed by atoms with van der Waals surface area (Å²) >= 11 is 0. The van der Waals surface area contributed by atoms with Crippen LogP contribution in [0.15, 0.2) is 53.3 Å². The van der Waals surface area contributed by atoms with Crippen LogP contribution in [0.1, 0.15) is 38.2 Å². The van der Waals surface area contributed by atoms with Crippen molar-refractivity contribution in [1.82, 2.24) is 5.32 Å². The predicted octanol–water partition coefficient (Wildman–Crippen LogP) is 2.58. The Kier molecular flexibility index (Phi) is 4.13. The standard InChI is InChI=1S/C22H26N2O3/c1-3-21(14-7-5-4-6-8-14)13-27-18-16(19(25)24-2)11-22(20(23)26,12-17(18)21)15-9-10-15/h4-8,11,15H,3,9-10,12-13H2,1-2H3,(H2,23,26)(H,24,25). The Bertz CT molecular complexity index is 854. The van der Waals surface area contributed by atoms with Crippen LogP contribution in [0.5, 0.6) is 0 Å². The number of carbonyl (C=O) groups is 2. The minimum atomic E-state index is -0.802. The van der Waals surface area contributed by atoms with E-state index in [1.54, 1.807) is 13.1 Å². The molecular weight excluding hydrogens is 340 g/mol. The summed E-state index contributed by atoms with van der Waals surface area (Å²) in [6, 6.07) is 10.2. The van der Waals surface area contributed by atoms with Gasteiger partial charge in [-0.25, -0.2) is 0 Å². The van der Waals surface area contributed by atoms with E-state index < -0.39 is 5.41 Å². The molecule has 2 aliphatic carbocycles. The number of rotatable bonds is 5. The maximum Gasteiger partial charge on any atom is 0.254 e. The third-order valence-corrected chi connectivity index (χ3v) is 6.60. The Balaban J connectivity index is 1.91. The zero-order valence-electron chi connectivity index (χ0n) is 15.9. The van der Waals surface area contributed by atoms with E-state index in [1.807, 2.05) is 18.2 Å². The van der Waals surface area contributed by atoms with Gasteiger partial charge < -0.3 is 15.8 Å². The van der Waals surface area contributed by atoms with Gasteiger partial charge in [-0.3, -0.25) is 9.59 Å². The molecule has 2 unspecified atom stereocenters. The van der Waals surface area contributed by atoms with E-state index in [9.17, 15) is 9.59 Å². The molecule has 2 amide bonds. The highest BCUT2D eigenvalue weighted by Gasteiger charge is 2.56. The molecule has 1 aliphatic heterocycles. The summed E-state index contributed by atoms with van der Waals surface area (Å²) in [6.07, 6.45) is 5.09. The normalized spacial score (nSPS) is 29.6. The van der Waals surface area contributed by atoms with E-state index in [2.05, 4.69) is 24.4 Å². The number of likely N-dealkylation sites (N-methyl/N-ethyl adjacent to an activating group) is 1. The van der Waals surface area contributed by atoms with Crippen molar-refractivity contribution in [3.63, 3.8) is 0 Å². The predicted molar refractivity (Wildman–Crippen MR) is 103 cm³/mol. The third-order valence-electron chi connectivity index (χ3n) is 6.60. The quantitative estimate of drug-likeness (QED) is 0.840. The number of hydrogen-bond donors (Lipinski definition) is 2. The lowest BCUT2D eigenvalue weighted by molar-refractivity contribution is -0.126. The van der Waals surface area contributed by atoms with Crippen molar-refractivity contribution >= 4 is 11.8 Å². The van der Waals surface area contributed by atoms with E-state index in [0.717, 1.165) is 30.4 Å². The van der Waals surface area contributed by atoms with Crippen LogP contribution in [0.25, 0.3) is 0 Å². The Morgan fingerprint density at radius 2 is 1.96 bits per heavy atom. The summed E-state index contributed by atoms with van der Waals surface area (Å²) in [5.74, 6) is 0.267. The van der Waals surface area contributed by atoms with Crippen LogP contribution in [0, 0.1) is 11.3 Å². The van der Waals surface area contributed by atoms with Gasteiger partial charge >= 0.3 is 0 Å². The number of carbonyl (C=O) groups excluding carboxylic acids is 2. The highest BCUT2D eigenvalue weighted by molar-refractivity contribution is 6.00. The summed E-state index contributed by atoms with van der Waals surface area (Å²) in [7, 11) is 1.60. The van der Waals surface area contributed by atoms with Crippen LogP contribution < -0.4 is 11.1 Å². The largest absolute Gasteiger partial charge is 0.492 e. The molecule has 0 spiro atoms. The number of benzene rings is 1. The molecule has 1 aromatic carbocycles. The molecule has 1 saturated carbocycles. The number of hydrogen-bond acceptors (Lipinski definition) is 3. The van der Waals surface area contributed by atoms with Crippen LogP contribution in [0.3, 0.4) is 0 Å². The molecule has 0 radical (unpaired) electrons. The smallest absolute Gasteiger partial charge is 0.254 e. The molecule has 1 fully saturated rings. The minimum Gasteiger partial charge on any atom is -0.492 e. The second-order valence-electron chi connectivity index (χ2n) is 7.89. The maximum absolute atomic E-state index is 12.7. The van der Waals surface area contributed by atoms with Crippen LogP contribution in [0.2, 0.25) is 0 Å². The molecule has 5 nitrogen and oxygen atoms in total. The monoisotopic (exact) mass is 366 g/mol. The zero-order valence-corrected chi connectivity index (χ0v) is 15.9. The van der Waals surface area contributed by atoms with Crippen molar-refractivity contribution in [2.45, 2.75) is 38.0 Å². The molecular formula is C22H26N2O3. The summed E-state index contributed by atoms with van der Waals surface area (Å²) in [4.78, 5) is 25.3. The first-order valence-electron chi connectivity index (χ1n) is 9.65. The summed E-state index contributed by atoms with van der Waals surface area (Å²) in [6.45, 7) is 2.61. The van der Waals surface area contributed by atoms with Gasteiger partial charge in [-0.15, -0.1) is 0 Å². The number of nitrogens with one attached hydrogen (secondary N) is 1. The number of ether oxygens (including phenoxy) is 1. The first-order chi connectivity index (χ1) is 13.0. The summed E-state index contributed by atoms with van der Waals surface area (Å²) in [5, 5.41) is 2.69. The van der Waals surface area contributed by atoms with E-state index in [4.69, 9.17) is 10.5 Å². The summed E-state index contributed by atoms with van der Waals surface area (Å²) in [5.41, 5.74) is 7.44. The average molecular weight is 366 g/mol. The Labute approximate surface area is 159 Å². The highest BCUT2D eigenvalue weighted by atomic mass is 16.5. The average Bonchev–Trinajstić information content (AvgIpc) is 3.49. The van der Waals surface area contributed by atoms with Gasteiger partial charge in [0.2, 0.25) is 5.91 Å². The molecule has 1 heterocycles. The van der Waals surface area contributed by atoms with Crippen LogP contribution in [-0.4, -0.2) is 25.5 Å². The lowest BCUT2D eigenvalue weighted by Gasteiger charge is -2.38. The van der Waals surface area contributed by atoms with Crippen molar-refractivity contribution in [1.29, 1.82) is 0 Å². The van der Waals surface area contributed by atoms with Gasteiger partial charge in [0.15, 0.2) is 0 Å². The second-order valence-corrected chi connectivity index (χ2v) is 7.89. The molecule has 0 bridgehead atoms. The fourth-order valence-electron chi connectivity index (χ4n) is 4.80. The molecule has 1 aromatic rings.